The first kappa shape index (κ1) is 16.8. The first-order valence-electron chi connectivity index (χ1n) is 6.92. The summed E-state index contributed by atoms with van der Waals surface area (Å²) in [5.41, 5.74) is -0.623. The molecule has 1 aliphatic heterocycles. The second kappa shape index (κ2) is 6.25. The van der Waals surface area contributed by atoms with Crippen LogP contribution >= 0.6 is 0 Å². The second-order valence-corrected chi connectivity index (χ2v) is 5.25. The van der Waals surface area contributed by atoms with Crippen molar-refractivity contribution in [1.29, 1.82) is 0 Å². The van der Waals surface area contributed by atoms with E-state index in [0.717, 1.165) is 9.96 Å². The predicted molar refractivity (Wildman–Crippen MR) is 80.4 cm³/mol. The smallest absolute Gasteiger partial charge is 0.325 e. The van der Waals surface area contributed by atoms with E-state index in [-0.39, 0.29) is 6.54 Å². The molecule has 4 amide bonds. The Morgan fingerprint density at radius 1 is 1.26 bits per heavy atom. The van der Waals surface area contributed by atoms with E-state index in [4.69, 9.17) is 9.57 Å². The Kier molecular flexibility index (Phi) is 4.55. The SMILES string of the molecule is COc1ccc([C@@]2(C)NC(=O)N(CC(=O)N(C)OC)C2=O)cc1. The number of hydrogen-bond acceptors (Lipinski definition) is 5. The number of nitrogens with zero attached hydrogens (tertiary/aromatic N) is 2. The van der Waals surface area contributed by atoms with E-state index in [1.807, 2.05) is 0 Å². The molecule has 1 saturated heterocycles. The molecule has 2 rings (SSSR count). The number of hydroxylamine groups is 2. The number of urea groups is 1. The Hall–Kier alpha value is -2.61. The van der Waals surface area contributed by atoms with Crippen molar-refractivity contribution >= 4 is 17.8 Å². The number of carbonyl (C=O) groups is 3. The molecule has 1 aromatic rings. The van der Waals surface area contributed by atoms with Crippen molar-refractivity contribution in [3.8, 4) is 5.75 Å². The van der Waals surface area contributed by atoms with Crippen LogP contribution in [0.15, 0.2) is 24.3 Å². The van der Waals surface area contributed by atoms with Crippen molar-refractivity contribution in [3.63, 3.8) is 0 Å². The zero-order valence-corrected chi connectivity index (χ0v) is 13.5. The maximum Gasteiger partial charge on any atom is 0.325 e. The molecule has 0 bridgehead atoms. The summed E-state index contributed by atoms with van der Waals surface area (Å²) in [6.45, 7) is 1.21. The molecule has 0 radical (unpaired) electrons. The van der Waals surface area contributed by atoms with E-state index in [2.05, 4.69) is 5.32 Å². The van der Waals surface area contributed by atoms with Crippen LogP contribution < -0.4 is 10.1 Å². The van der Waals surface area contributed by atoms with E-state index in [9.17, 15) is 14.4 Å². The van der Waals surface area contributed by atoms with E-state index >= 15 is 0 Å². The van der Waals surface area contributed by atoms with Crippen LogP contribution in [0.3, 0.4) is 0 Å². The highest BCUT2D eigenvalue weighted by Gasteiger charge is 2.49. The first-order chi connectivity index (χ1) is 10.8. The van der Waals surface area contributed by atoms with Crippen LogP contribution in [0.1, 0.15) is 12.5 Å². The molecule has 0 unspecified atom stereocenters. The molecule has 8 nitrogen and oxygen atoms in total. The lowest BCUT2D eigenvalue weighted by atomic mass is 9.92. The van der Waals surface area contributed by atoms with Gasteiger partial charge in [0, 0.05) is 7.05 Å². The maximum absolute atomic E-state index is 12.6. The number of imide groups is 1. The summed E-state index contributed by atoms with van der Waals surface area (Å²) in [5.74, 6) is -0.358. The number of nitrogens with one attached hydrogen (secondary N) is 1. The van der Waals surface area contributed by atoms with Gasteiger partial charge < -0.3 is 10.1 Å². The van der Waals surface area contributed by atoms with Crippen molar-refractivity contribution in [2.24, 2.45) is 0 Å². The van der Waals surface area contributed by atoms with Gasteiger partial charge in [0.25, 0.3) is 11.8 Å². The molecule has 0 saturated carbocycles. The molecule has 1 atom stereocenters. The lowest BCUT2D eigenvalue weighted by Crippen LogP contribution is -2.43. The summed E-state index contributed by atoms with van der Waals surface area (Å²) >= 11 is 0. The Labute approximate surface area is 133 Å². The Bertz CT molecular complexity index is 631. The highest BCUT2D eigenvalue weighted by atomic mass is 16.7. The average molecular weight is 321 g/mol. The van der Waals surface area contributed by atoms with Gasteiger partial charge in [-0.05, 0) is 24.6 Å². The van der Waals surface area contributed by atoms with Crippen LogP contribution in [0, 0.1) is 0 Å². The summed E-state index contributed by atoms with van der Waals surface area (Å²) < 4.78 is 5.08. The standard InChI is InChI=1S/C15H19N3O5/c1-15(10-5-7-11(22-3)8-6-10)13(20)18(14(21)16-15)9-12(19)17(2)23-4/h5-8H,9H2,1-4H3,(H,16,21)/t15-/m1/s1. The highest BCUT2D eigenvalue weighted by molar-refractivity contribution is 6.09. The van der Waals surface area contributed by atoms with Crippen LogP contribution in [0.2, 0.25) is 0 Å². The number of ether oxygens (including phenoxy) is 1. The maximum atomic E-state index is 12.6. The summed E-state index contributed by atoms with van der Waals surface area (Å²) in [6, 6.07) is 6.18. The Balaban J connectivity index is 2.23. The van der Waals surface area contributed by atoms with Gasteiger partial charge in [-0.3, -0.25) is 19.3 Å². The van der Waals surface area contributed by atoms with Crippen molar-refractivity contribution in [1.82, 2.24) is 15.3 Å². The molecule has 1 fully saturated rings. The summed E-state index contributed by atoms with van der Waals surface area (Å²) in [7, 11) is 4.27. The van der Waals surface area contributed by atoms with Gasteiger partial charge >= 0.3 is 6.03 Å². The van der Waals surface area contributed by atoms with Crippen LogP contribution in [0.5, 0.6) is 5.75 Å². The van der Waals surface area contributed by atoms with Crippen LogP contribution in [0.4, 0.5) is 4.79 Å². The number of hydrogen-bond donors (Lipinski definition) is 1. The number of likely N-dealkylation sites (N-methyl/N-ethyl adjacent to an activating group) is 1. The fourth-order valence-corrected chi connectivity index (χ4v) is 2.30. The number of benzene rings is 1. The van der Waals surface area contributed by atoms with E-state index in [0.29, 0.717) is 11.3 Å². The van der Waals surface area contributed by atoms with Gasteiger partial charge in [0.1, 0.15) is 17.8 Å². The normalized spacial score (nSPS) is 20.4. The van der Waals surface area contributed by atoms with E-state index < -0.39 is 23.4 Å². The quantitative estimate of drug-likeness (QED) is 0.629. The van der Waals surface area contributed by atoms with E-state index in [1.54, 1.807) is 38.3 Å². The van der Waals surface area contributed by atoms with Crippen molar-refractivity contribution < 1.29 is 24.0 Å². The number of rotatable bonds is 5. The molecule has 23 heavy (non-hydrogen) atoms. The molecule has 8 heteroatoms. The zero-order chi connectivity index (χ0) is 17.2. The zero-order valence-electron chi connectivity index (χ0n) is 13.5. The molecule has 0 spiro atoms. The number of methoxy groups -OCH3 is 1. The minimum atomic E-state index is -1.23. The van der Waals surface area contributed by atoms with Gasteiger partial charge in [0.15, 0.2) is 0 Å². The third-order valence-electron chi connectivity index (χ3n) is 3.86. The third kappa shape index (κ3) is 2.98. The lowest BCUT2D eigenvalue weighted by Gasteiger charge is -2.23. The summed E-state index contributed by atoms with van der Waals surface area (Å²) in [6.07, 6.45) is 0. The molecule has 1 aliphatic rings. The van der Waals surface area contributed by atoms with Crippen LogP contribution in [-0.2, 0) is 20.0 Å². The largest absolute Gasteiger partial charge is 0.497 e. The molecule has 0 aromatic heterocycles. The minimum Gasteiger partial charge on any atom is -0.497 e. The third-order valence-corrected chi connectivity index (χ3v) is 3.86. The van der Waals surface area contributed by atoms with Crippen LogP contribution in [-0.4, -0.2) is 55.6 Å². The molecule has 0 aliphatic carbocycles. The van der Waals surface area contributed by atoms with Gasteiger partial charge in [0.2, 0.25) is 0 Å². The molecular weight excluding hydrogens is 302 g/mol. The molecule has 1 aromatic carbocycles. The lowest BCUT2D eigenvalue weighted by molar-refractivity contribution is -0.170. The first-order valence-corrected chi connectivity index (χ1v) is 6.92. The Morgan fingerprint density at radius 3 is 2.39 bits per heavy atom. The van der Waals surface area contributed by atoms with E-state index in [1.165, 1.54) is 14.2 Å². The molecule has 1 heterocycles. The second-order valence-electron chi connectivity index (χ2n) is 5.25. The van der Waals surface area contributed by atoms with Gasteiger partial charge in [0.05, 0.1) is 14.2 Å². The Morgan fingerprint density at radius 2 is 1.87 bits per heavy atom. The topological polar surface area (TPSA) is 88.2 Å². The molecular formula is C15H19N3O5. The van der Waals surface area contributed by atoms with Gasteiger partial charge in [-0.25, -0.2) is 9.86 Å². The summed E-state index contributed by atoms with van der Waals surface area (Å²) in [5, 5.41) is 3.59. The fraction of sp³-hybridized carbons (Fsp3) is 0.400. The van der Waals surface area contributed by atoms with Crippen molar-refractivity contribution in [2.45, 2.75) is 12.5 Å². The number of amides is 4. The van der Waals surface area contributed by atoms with Crippen LogP contribution in [0.25, 0.3) is 0 Å². The van der Waals surface area contributed by atoms with Gasteiger partial charge in [-0.1, -0.05) is 12.1 Å². The average Bonchev–Trinajstić information content (AvgIpc) is 2.78. The molecule has 124 valence electrons. The van der Waals surface area contributed by atoms with Gasteiger partial charge in [-0.2, -0.15) is 0 Å². The predicted octanol–water partition coefficient (Wildman–Crippen LogP) is 0.482. The summed E-state index contributed by atoms with van der Waals surface area (Å²) in [4.78, 5) is 42.2. The minimum absolute atomic E-state index is 0.388. The highest BCUT2D eigenvalue weighted by Crippen LogP contribution is 2.29. The monoisotopic (exact) mass is 321 g/mol. The fourth-order valence-electron chi connectivity index (χ4n) is 2.30. The van der Waals surface area contributed by atoms with Crippen molar-refractivity contribution in [3.05, 3.63) is 29.8 Å². The number of carbonyl (C=O) groups excluding carboxylic acids is 3. The van der Waals surface area contributed by atoms with Crippen molar-refractivity contribution in [2.75, 3.05) is 27.8 Å². The van der Waals surface area contributed by atoms with Gasteiger partial charge in [-0.15, -0.1) is 0 Å². The molecule has 1 N–H and O–H groups in total.